The summed E-state index contributed by atoms with van der Waals surface area (Å²) in [6.07, 6.45) is 73.6. The van der Waals surface area contributed by atoms with Crippen LogP contribution in [0.4, 0.5) is 0 Å². The first-order chi connectivity index (χ1) is 33.0. The maximum absolute atomic E-state index is 12.8. The second kappa shape index (κ2) is 54.7. The van der Waals surface area contributed by atoms with Crippen molar-refractivity contribution in [3.8, 4) is 0 Å². The summed E-state index contributed by atoms with van der Waals surface area (Å²) < 4.78 is 16.7. The quantitative estimate of drug-likeness (QED) is 0.0262. The second-order valence-electron chi connectivity index (χ2n) is 17.8. The summed E-state index contributed by atoms with van der Waals surface area (Å²) in [5.41, 5.74) is 0. The van der Waals surface area contributed by atoms with E-state index in [1.807, 2.05) is 0 Å². The molecule has 0 amide bonds. The van der Waals surface area contributed by atoms with Crippen LogP contribution in [0.25, 0.3) is 0 Å². The van der Waals surface area contributed by atoms with Crippen molar-refractivity contribution in [1.29, 1.82) is 0 Å². The monoisotopic (exact) mass is 929 g/mol. The fourth-order valence-corrected chi connectivity index (χ4v) is 7.06. The van der Waals surface area contributed by atoms with Crippen LogP contribution in [0.3, 0.4) is 0 Å². The van der Waals surface area contributed by atoms with Crippen LogP contribution >= 0.6 is 0 Å². The van der Waals surface area contributed by atoms with Gasteiger partial charge >= 0.3 is 17.9 Å². The van der Waals surface area contributed by atoms with E-state index in [4.69, 9.17) is 14.2 Å². The molecule has 0 heterocycles. The standard InChI is InChI=1S/C61H100O6/c1-4-7-10-13-16-19-22-25-28-30-33-36-39-42-45-48-51-54-60(63)66-57-58(56-65-59(62)53-50-47-44-41-38-35-32-27-24-21-18-15-12-9-6-3)67-61(64)55-52-49-46-43-40-37-34-31-29-26-23-20-17-14-11-8-5-2/h16,18-19,21,25-29,32-34,36-38,41,43,46,58H,4-15,17,20,22-24,30-31,35,39-40,42,44-45,47-57H2,1-3H3/b19-16-,21-18-,28-25-,29-26-,32-27-,36-33-,37-34-,41-38-,46-43-/t58-/m0/s1. The highest BCUT2D eigenvalue weighted by Crippen LogP contribution is 2.11. The Labute approximate surface area is 412 Å². The SMILES string of the molecule is CCCCC/C=C\C/C=C\C/C=C\CCCCCCC(=O)OC[C@H](COC(=O)CCCC/C=C\C/C=C\C/C=C\CCCCC)OC(=O)CCC/C=C\C/C=C\C/C=C\CCCCCCCC. The van der Waals surface area contributed by atoms with Crippen molar-refractivity contribution >= 4 is 17.9 Å². The van der Waals surface area contributed by atoms with Gasteiger partial charge in [-0.1, -0.05) is 201 Å². The molecular formula is C61H100O6. The maximum atomic E-state index is 12.8. The molecule has 0 aromatic rings. The first-order valence-corrected chi connectivity index (χ1v) is 27.4. The molecule has 0 aliphatic rings. The third-order valence-electron chi connectivity index (χ3n) is 11.2. The van der Waals surface area contributed by atoms with E-state index < -0.39 is 6.10 Å². The average molecular weight is 929 g/mol. The largest absolute Gasteiger partial charge is 0.462 e. The molecule has 0 radical (unpaired) electrons. The highest BCUT2D eigenvalue weighted by Gasteiger charge is 2.19. The minimum Gasteiger partial charge on any atom is -0.462 e. The van der Waals surface area contributed by atoms with Crippen LogP contribution in [0, 0.1) is 0 Å². The maximum Gasteiger partial charge on any atom is 0.306 e. The zero-order chi connectivity index (χ0) is 48.6. The van der Waals surface area contributed by atoms with Crippen molar-refractivity contribution in [2.45, 2.75) is 245 Å². The van der Waals surface area contributed by atoms with Crippen LogP contribution in [0.15, 0.2) is 109 Å². The molecule has 0 aromatic heterocycles. The molecule has 1 atom stereocenters. The van der Waals surface area contributed by atoms with Gasteiger partial charge in [0.05, 0.1) is 0 Å². The van der Waals surface area contributed by atoms with Crippen molar-refractivity contribution in [2.24, 2.45) is 0 Å². The molecule has 0 saturated heterocycles. The summed E-state index contributed by atoms with van der Waals surface area (Å²) >= 11 is 0. The molecule has 67 heavy (non-hydrogen) atoms. The summed E-state index contributed by atoms with van der Waals surface area (Å²) in [7, 11) is 0. The second-order valence-corrected chi connectivity index (χ2v) is 17.8. The topological polar surface area (TPSA) is 78.9 Å². The van der Waals surface area contributed by atoms with E-state index >= 15 is 0 Å². The van der Waals surface area contributed by atoms with Gasteiger partial charge in [0.2, 0.25) is 0 Å². The van der Waals surface area contributed by atoms with E-state index in [1.165, 1.54) is 96.3 Å². The number of allylic oxidation sites excluding steroid dienone is 18. The van der Waals surface area contributed by atoms with Gasteiger partial charge in [0, 0.05) is 19.3 Å². The van der Waals surface area contributed by atoms with Gasteiger partial charge < -0.3 is 14.2 Å². The Morgan fingerprint density at radius 2 is 0.552 bits per heavy atom. The van der Waals surface area contributed by atoms with Gasteiger partial charge in [-0.3, -0.25) is 14.4 Å². The van der Waals surface area contributed by atoms with Crippen LogP contribution in [0.1, 0.15) is 239 Å². The number of ether oxygens (including phenoxy) is 3. The minimum atomic E-state index is -0.831. The number of rotatable bonds is 48. The Balaban J connectivity index is 4.58. The highest BCUT2D eigenvalue weighted by atomic mass is 16.6. The lowest BCUT2D eigenvalue weighted by molar-refractivity contribution is -0.167. The van der Waals surface area contributed by atoms with Gasteiger partial charge in [-0.25, -0.2) is 0 Å². The van der Waals surface area contributed by atoms with Crippen molar-refractivity contribution < 1.29 is 28.6 Å². The lowest BCUT2D eigenvalue weighted by Gasteiger charge is -2.18. The van der Waals surface area contributed by atoms with E-state index in [2.05, 4.69) is 130 Å². The molecule has 0 aromatic carbocycles. The van der Waals surface area contributed by atoms with Gasteiger partial charge in [-0.2, -0.15) is 0 Å². The van der Waals surface area contributed by atoms with Gasteiger partial charge in [0.15, 0.2) is 6.10 Å². The van der Waals surface area contributed by atoms with Crippen molar-refractivity contribution in [1.82, 2.24) is 0 Å². The Morgan fingerprint density at radius 1 is 0.299 bits per heavy atom. The normalized spacial score (nSPS) is 12.9. The highest BCUT2D eigenvalue weighted by molar-refractivity contribution is 5.71. The fraction of sp³-hybridized carbons (Fsp3) is 0.656. The molecule has 0 unspecified atom stereocenters. The zero-order valence-electron chi connectivity index (χ0n) is 43.4. The van der Waals surface area contributed by atoms with Crippen LogP contribution < -0.4 is 0 Å². The number of hydrogen-bond acceptors (Lipinski definition) is 6. The number of carbonyl (C=O) groups is 3. The third-order valence-corrected chi connectivity index (χ3v) is 11.2. The molecular weight excluding hydrogens is 829 g/mol. The summed E-state index contributed by atoms with van der Waals surface area (Å²) in [5, 5.41) is 0. The van der Waals surface area contributed by atoms with E-state index in [0.29, 0.717) is 25.7 Å². The van der Waals surface area contributed by atoms with E-state index in [0.717, 1.165) is 89.9 Å². The lowest BCUT2D eigenvalue weighted by Crippen LogP contribution is -2.30. The van der Waals surface area contributed by atoms with Crippen molar-refractivity contribution in [2.75, 3.05) is 13.2 Å². The molecule has 0 rings (SSSR count). The molecule has 0 aliphatic carbocycles. The number of carbonyl (C=O) groups excluding carboxylic acids is 3. The predicted molar refractivity (Wildman–Crippen MR) is 288 cm³/mol. The first-order valence-electron chi connectivity index (χ1n) is 27.4. The average Bonchev–Trinajstić information content (AvgIpc) is 3.33. The van der Waals surface area contributed by atoms with Crippen LogP contribution in [-0.2, 0) is 28.6 Å². The van der Waals surface area contributed by atoms with Gasteiger partial charge in [0.1, 0.15) is 13.2 Å². The first kappa shape index (κ1) is 63.1. The zero-order valence-corrected chi connectivity index (χ0v) is 43.4. The summed E-state index contributed by atoms with van der Waals surface area (Å²) in [5.74, 6) is -1.04. The lowest BCUT2D eigenvalue weighted by atomic mass is 10.1. The fourth-order valence-electron chi connectivity index (χ4n) is 7.06. The Hall–Kier alpha value is -3.93. The number of hydrogen-bond donors (Lipinski definition) is 0. The van der Waals surface area contributed by atoms with E-state index in [9.17, 15) is 14.4 Å². The van der Waals surface area contributed by atoms with E-state index in [1.54, 1.807) is 0 Å². The Kier molecular flexibility index (Phi) is 51.5. The van der Waals surface area contributed by atoms with Crippen molar-refractivity contribution in [3.05, 3.63) is 109 Å². The van der Waals surface area contributed by atoms with Gasteiger partial charge in [0.25, 0.3) is 0 Å². The Bertz CT molecular complexity index is 1390. The van der Waals surface area contributed by atoms with Gasteiger partial charge in [-0.05, 0) is 128 Å². The molecule has 0 aliphatic heterocycles. The molecule has 6 heteroatoms. The predicted octanol–water partition coefficient (Wildman–Crippen LogP) is 18.3. The summed E-state index contributed by atoms with van der Waals surface area (Å²) in [4.78, 5) is 38.0. The molecule has 0 spiro atoms. The van der Waals surface area contributed by atoms with Crippen LogP contribution in [0.5, 0.6) is 0 Å². The van der Waals surface area contributed by atoms with Gasteiger partial charge in [-0.15, -0.1) is 0 Å². The molecule has 6 nitrogen and oxygen atoms in total. The summed E-state index contributed by atoms with van der Waals surface area (Å²) in [6.45, 7) is 6.47. The third kappa shape index (κ3) is 52.9. The molecule has 0 N–H and O–H groups in total. The Morgan fingerprint density at radius 3 is 0.940 bits per heavy atom. The van der Waals surface area contributed by atoms with Crippen LogP contribution in [-0.4, -0.2) is 37.2 Å². The number of unbranched alkanes of at least 4 members (excludes halogenated alkanes) is 19. The van der Waals surface area contributed by atoms with E-state index in [-0.39, 0.29) is 37.5 Å². The molecule has 0 saturated carbocycles. The minimum absolute atomic E-state index is 0.124. The van der Waals surface area contributed by atoms with Crippen LogP contribution in [0.2, 0.25) is 0 Å². The van der Waals surface area contributed by atoms with Crippen molar-refractivity contribution in [3.63, 3.8) is 0 Å². The molecule has 0 bridgehead atoms. The summed E-state index contributed by atoms with van der Waals surface area (Å²) in [6, 6.07) is 0. The molecule has 380 valence electrons. The molecule has 0 fully saturated rings. The smallest absolute Gasteiger partial charge is 0.306 e. The number of esters is 3.